The summed E-state index contributed by atoms with van der Waals surface area (Å²) < 4.78 is 0. The van der Waals surface area contributed by atoms with Gasteiger partial charge in [0, 0.05) is 30.7 Å². The van der Waals surface area contributed by atoms with Crippen LogP contribution < -0.4 is 5.73 Å². The molecule has 3 heteroatoms. The Labute approximate surface area is 86.1 Å². The Morgan fingerprint density at radius 1 is 0.929 bits per heavy atom. The summed E-state index contributed by atoms with van der Waals surface area (Å²) in [5, 5.41) is 0. The quantitative estimate of drug-likeness (QED) is 0.706. The molecule has 0 atom stereocenters. The van der Waals surface area contributed by atoms with Crippen molar-refractivity contribution in [2.24, 2.45) is 17.6 Å². The molecule has 0 spiro atoms. The van der Waals surface area contributed by atoms with Crippen LogP contribution in [0.5, 0.6) is 0 Å². The van der Waals surface area contributed by atoms with Crippen LogP contribution in [0.2, 0.25) is 0 Å². The number of rotatable bonds is 6. The zero-order valence-electron chi connectivity index (χ0n) is 9.54. The van der Waals surface area contributed by atoms with E-state index in [1.165, 1.54) is 0 Å². The molecule has 2 N–H and O–H groups in total. The second-order valence-electron chi connectivity index (χ2n) is 4.41. The predicted molar refractivity (Wildman–Crippen MR) is 56.9 cm³/mol. The van der Waals surface area contributed by atoms with Gasteiger partial charge in [0.05, 0.1) is 0 Å². The van der Waals surface area contributed by atoms with E-state index in [0.717, 1.165) is 0 Å². The highest BCUT2D eigenvalue weighted by molar-refractivity contribution is 5.84. The van der Waals surface area contributed by atoms with Crippen LogP contribution >= 0.6 is 0 Å². The van der Waals surface area contributed by atoms with E-state index in [9.17, 15) is 9.59 Å². The van der Waals surface area contributed by atoms with Crippen LogP contribution in [0.1, 0.15) is 40.5 Å². The number of carbonyl (C=O) groups is 2. The third-order valence-corrected chi connectivity index (χ3v) is 2.21. The van der Waals surface area contributed by atoms with Crippen LogP contribution in [0.3, 0.4) is 0 Å². The summed E-state index contributed by atoms with van der Waals surface area (Å²) in [4.78, 5) is 22.6. The second kappa shape index (κ2) is 5.91. The maximum Gasteiger partial charge on any atom is 0.136 e. The van der Waals surface area contributed by atoms with E-state index < -0.39 is 0 Å². The van der Waals surface area contributed by atoms with Gasteiger partial charge >= 0.3 is 0 Å². The number of nitrogens with two attached hydrogens (primary N) is 1. The highest BCUT2D eigenvalue weighted by Gasteiger charge is 2.17. The lowest BCUT2D eigenvalue weighted by atomic mass is 9.96. The van der Waals surface area contributed by atoms with Gasteiger partial charge in [0.25, 0.3) is 0 Å². The first-order chi connectivity index (χ1) is 6.34. The molecule has 3 nitrogen and oxygen atoms in total. The van der Waals surface area contributed by atoms with Gasteiger partial charge < -0.3 is 5.73 Å². The Kier molecular flexibility index (Phi) is 5.62. The number of hydrogen-bond acceptors (Lipinski definition) is 3. The smallest absolute Gasteiger partial charge is 0.136 e. The summed E-state index contributed by atoms with van der Waals surface area (Å²) in [6.07, 6.45) is 0.631. The van der Waals surface area contributed by atoms with E-state index in [2.05, 4.69) is 0 Å². The van der Waals surface area contributed by atoms with Gasteiger partial charge in [0.15, 0.2) is 0 Å². The summed E-state index contributed by atoms with van der Waals surface area (Å²) in [7, 11) is 0. The van der Waals surface area contributed by atoms with Gasteiger partial charge in [0.1, 0.15) is 11.6 Å². The molecule has 0 aliphatic heterocycles. The van der Waals surface area contributed by atoms with Gasteiger partial charge in [0.2, 0.25) is 0 Å². The molecular formula is C11H21NO2. The minimum Gasteiger partial charge on any atom is -0.327 e. The molecule has 0 aromatic carbocycles. The molecule has 0 aliphatic rings. The largest absolute Gasteiger partial charge is 0.327 e. The fraction of sp³-hybridized carbons (Fsp3) is 0.818. The Bertz CT molecular complexity index is 187. The van der Waals surface area contributed by atoms with Crippen LogP contribution in [-0.2, 0) is 9.59 Å². The topological polar surface area (TPSA) is 60.2 Å². The van der Waals surface area contributed by atoms with Gasteiger partial charge in [-0.2, -0.15) is 0 Å². The molecule has 0 bridgehead atoms. The van der Waals surface area contributed by atoms with Crippen molar-refractivity contribution in [3.8, 4) is 0 Å². The van der Waals surface area contributed by atoms with Crippen LogP contribution in [0, 0.1) is 11.8 Å². The lowest BCUT2D eigenvalue weighted by Crippen LogP contribution is -2.29. The lowest BCUT2D eigenvalue weighted by Gasteiger charge is -2.12. The third-order valence-electron chi connectivity index (χ3n) is 2.21. The van der Waals surface area contributed by atoms with E-state index in [0.29, 0.717) is 12.8 Å². The van der Waals surface area contributed by atoms with Crippen molar-refractivity contribution in [1.82, 2.24) is 0 Å². The van der Waals surface area contributed by atoms with Crippen molar-refractivity contribution in [3.63, 3.8) is 0 Å². The van der Waals surface area contributed by atoms with Crippen LogP contribution in [0.4, 0.5) is 0 Å². The monoisotopic (exact) mass is 199 g/mol. The van der Waals surface area contributed by atoms with Gasteiger partial charge in [-0.15, -0.1) is 0 Å². The van der Waals surface area contributed by atoms with Crippen molar-refractivity contribution >= 4 is 11.6 Å². The molecule has 0 aromatic rings. The molecule has 0 radical (unpaired) electrons. The first-order valence-corrected chi connectivity index (χ1v) is 5.15. The summed E-state index contributed by atoms with van der Waals surface area (Å²) in [5.41, 5.74) is 5.71. The first kappa shape index (κ1) is 13.3. The molecule has 14 heavy (non-hydrogen) atoms. The molecule has 0 amide bonds. The van der Waals surface area contributed by atoms with Gasteiger partial charge in [-0.3, -0.25) is 9.59 Å². The van der Waals surface area contributed by atoms with Crippen LogP contribution in [0.15, 0.2) is 0 Å². The van der Waals surface area contributed by atoms with Crippen molar-refractivity contribution in [2.75, 3.05) is 0 Å². The van der Waals surface area contributed by atoms with Crippen LogP contribution in [0.25, 0.3) is 0 Å². The molecule has 0 fully saturated rings. The normalized spacial score (nSPS) is 11.4. The van der Waals surface area contributed by atoms with Gasteiger partial charge in [-0.1, -0.05) is 27.7 Å². The van der Waals surface area contributed by atoms with Crippen molar-refractivity contribution in [2.45, 2.75) is 46.6 Å². The zero-order chi connectivity index (χ0) is 11.3. The second-order valence-corrected chi connectivity index (χ2v) is 4.41. The minimum atomic E-state index is -0.306. The molecular weight excluding hydrogens is 178 g/mol. The summed E-state index contributed by atoms with van der Waals surface area (Å²) >= 11 is 0. The summed E-state index contributed by atoms with van der Waals surface area (Å²) in [6.45, 7) is 7.39. The van der Waals surface area contributed by atoms with Crippen molar-refractivity contribution in [3.05, 3.63) is 0 Å². The van der Waals surface area contributed by atoms with E-state index in [1.54, 1.807) is 0 Å². The van der Waals surface area contributed by atoms with Gasteiger partial charge in [-0.05, 0) is 0 Å². The summed E-state index contributed by atoms with van der Waals surface area (Å²) in [5.74, 6) is 0.286. The van der Waals surface area contributed by atoms with E-state index in [1.807, 2.05) is 27.7 Å². The molecule has 0 unspecified atom stereocenters. The third kappa shape index (κ3) is 5.12. The number of Topliss-reactive ketones (excluding diaryl/α,β-unsaturated/α-hetero) is 2. The molecule has 0 aliphatic carbocycles. The number of carbonyl (C=O) groups excluding carboxylic acids is 2. The molecule has 0 rings (SSSR count). The van der Waals surface area contributed by atoms with Crippen molar-refractivity contribution < 1.29 is 9.59 Å². The fourth-order valence-corrected chi connectivity index (χ4v) is 1.06. The Morgan fingerprint density at radius 3 is 1.43 bits per heavy atom. The standard InChI is InChI=1S/C11H21NO2/c1-7(2)10(13)5-9(12)6-11(14)8(3)4/h7-9H,5-6,12H2,1-4H3. The molecule has 0 saturated carbocycles. The summed E-state index contributed by atoms with van der Waals surface area (Å²) in [6, 6.07) is -0.306. The highest BCUT2D eigenvalue weighted by atomic mass is 16.1. The SMILES string of the molecule is CC(C)C(=O)CC(N)CC(=O)C(C)C. The first-order valence-electron chi connectivity index (χ1n) is 5.15. The fourth-order valence-electron chi connectivity index (χ4n) is 1.06. The van der Waals surface area contributed by atoms with Crippen molar-refractivity contribution in [1.29, 1.82) is 0 Å². The average molecular weight is 199 g/mol. The van der Waals surface area contributed by atoms with E-state index in [-0.39, 0.29) is 29.4 Å². The minimum absolute atomic E-state index is 0.00945. The zero-order valence-corrected chi connectivity index (χ0v) is 9.54. The van der Waals surface area contributed by atoms with Gasteiger partial charge in [-0.25, -0.2) is 0 Å². The maximum atomic E-state index is 11.3. The molecule has 82 valence electrons. The number of hydrogen-bond donors (Lipinski definition) is 1. The average Bonchev–Trinajstić information content (AvgIpc) is 2.03. The molecule has 0 aromatic heterocycles. The lowest BCUT2D eigenvalue weighted by molar-refractivity contribution is -0.123. The van der Waals surface area contributed by atoms with Crippen LogP contribution in [-0.4, -0.2) is 17.6 Å². The van der Waals surface area contributed by atoms with E-state index in [4.69, 9.17) is 5.73 Å². The Hall–Kier alpha value is -0.700. The predicted octanol–water partition coefficient (Wildman–Crippen LogP) is 1.54. The van der Waals surface area contributed by atoms with E-state index >= 15 is 0 Å². The maximum absolute atomic E-state index is 11.3. The molecule has 0 saturated heterocycles. The Balaban J connectivity index is 3.93. The highest BCUT2D eigenvalue weighted by Crippen LogP contribution is 2.07. The Morgan fingerprint density at radius 2 is 1.21 bits per heavy atom. The number of ketones is 2. The molecule has 0 heterocycles.